The van der Waals surface area contributed by atoms with Crippen LogP contribution in [0.25, 0.3) is 0 Å². The van der Waals surface area contributed by atoms with Crippen LogP contribution in [0.5, 0.6) is 0 Å². The van der Waals surface area contributed by atoms with Crippen LogP contribution in [-0.4, -0.2) is 26.6 Å². The number of carbonyl (C=O) groups is 1. The minimum atomic E-state index is -3.61. The summed E-state index contributed by atoms with van der Waals surface area (Å²) in [6.45, 7) is 5.34. The van der Waals surface area contributed by atoms with Crippen molar-refractivity contribution in [1.82, 2.24) is 5.32 Å². The Morgan fingerprint density at radius 2 is 1.82 bits per heavy atom. The third-order valence-corrected chi connectivity index (χ3v) is 4.37. The average molecular weight is 353 g/mol. The molecule has 3 N–H and O–H groups in total. The zero-order valence-electron chi connectivity index (χ0n) is 13.0. The smallest absolute Gasteiger partial charge is 0.237 e. The van der Waals surface area contributed by atoms with Crippen molar-refractivity contribution < 1.29 is 17.6 Å². The van der Waals surface area contributed by atoms with Crippen molar-refractivity contribution in [1.29, 1.82) is 0 Å². The molecule has 5 nitrogen and oxygen atoms in total. The van der Waals surface area contributed by atoms with Crippen molar-refractivity contribution in [2.24, 2.45) is 11.7 Å². The molecule has 0 aromatic heterocycles. The van der Waals surface area contributed by atoms with Crippen LogP contribution in [0.15, 0.2) is 23.1 Å². The maximum Gasteiger partial charge on any atom is 0.237 e. The van der Waals surface area contributed by atoms with Crippen LogP contribution in [0.4, 0.5) is 4.39 Å². The van der Waals surface area contributed by atoms with E-state index in [9.17, 15) is 17.6 Å². The van der Waals surface area contributed by atoms with Crippen LogP contribution >= 0.6 is 12.4 Å². The highest BCUT2D eigenvalue weighted by Gasteiger charge is 2.21. The fourth-order valence-corrected chi connectivity index (χ4v) is 2.51. The number of hydrogen-bond donors (Lipinski definition) is 2. The molecule has 0 aliphatic heterocycles. The lowest BCUT2D eigenvalue weighted by Gasteiger charge is -2.20. The van der Waals surface area contributed by atoms with Crippen molar-refractivity contribution in [3.63, 3.8) is 0 Å². The van der Waals surface area contributed by atoms with Crippen LogP contribution < -0.4 is 11.1 Å². The van der Waals surface area contributed by atoms with E-state index in [-0.39, 0.29) is 29.1 Å². The molecule has 126 valence electrons. The zero-order chi connectivity index (χ0) is 16.4. The zero-order valence-corrected chi connectivity index (χ0v) is 14.6. The minimum absolute atomic E-state index is 0. The SMILES string of the molecule is CC(NC(=O)[C@@H](N)C(C)C)c1ccc(S(C)(=O)=O)c(F)c1.Cl. The van der Waals surface area contributed by atoms with Crippen molar-refractivity contribution in [3.05, 3.63) is 29.6 Å². The number of benzene rings is 1. The Kier molecular flexibility index (Phi) is 7.47. The number of rotatable bonds is 5. The Bertz CT molecular complexity index is 635. The number of carbonyl (C=O) groups excluding carboxylic acids is 1. The van der Waals surface area contributed by atoms with Crippen LogP contribution in [0, 0.1) is 11.7 Å². The summed E-state index contributed by atoms with van der Waals surface area (Å²) >= 11 is 0. The van der Waals surface area contributed by atoms with E-state index >= 15 is 0 Å². The van der Waals surface area contributed by atoms with Gasteiger partial charge in [0.15, 0.2) is 9.84 Å². The molecule has 0 bridgehead atoms. The highest BCUT2D eigenvalue weighted by atomic mass is 35.5. The standard InChI is InChI=1S/C14H21FN2O3S.ClH/c1-8(2)13(16)14(18)17-9(3)10-5-6-12(11(15)7-10)21(4,19)20;/h5-9,13H,16H2,1-4H3,(H,17,18);1H/t9?,13-;/m0./s1. The molecule has 0 saturated carbocycles. The van der Waals surface area contributed by atoms with E-state index < -0.39 is 27.7 Å². The highest BCUT2D eigenvalue weighted by Crippen LogP contribution is 2.20. The fourth-order valence-electron chi connectivity index (χ4n) is 1.78. The van der Waals surface area contributed by atoms with E-state index in [4.69, 9.17) is 5.73 Å². The van der Waals surface area contributed by atoms with Gasteiger partial charge in [-0.1, -0.05) is 19.9 Å². The first-order chi connectivity index (χ1) is 9.54. The van der Waals surface area contributed by atoms with Crippen molar-refractivity contribution in [2.45, 2.75) is 37.8 Å². The monoisotopic (exact) mass is 352 g/mol. The largest absolute Gasteiger partial charge is 0.348 e. The summed E-state index contributed by atoms with van der Waals surface area (Å²) < 4.78 is 36.5. The molecular weight excluding hydrogens is 331 g/mol. The predicted octanol–water partition coefficient (Wildman–Crippen LogP) is 1.81. The summed E-state index contributed by atoms with van der Waals surface area (Å²) in [5.41, 5.74) is 6.21. The van der Waals surface area contributed by atoms with Gasteiger partial charge >= 0.3 is 0 Å². The summed E-state index contributed by atoms with van der Waals surface area (Å²) in [6.07, 6.45) is 0.942. The van der Waals surface area contributed by atoms with Crippen molar-refractivity contribution in [3.8, 4) is 0 Å². The van der Waals surface area contributed by atoms with E-state index in [1.807, 2.05) is 13.8 Å². The van der Waals surface area contributed by atoms with Gasteiger partial charge in [0, 0.05) is 6.26 Å². The van der Waals surface area contributed by atoms with E-state index in [0.29, 0.717) is 5.56 Å². The third-order valence-electron chi connectivity index (χ3n) is 3.24. The fraction of sp³-hybridized carbons (Fsp3) is 0.500. The molecule has 1 aromatic rings. The maximum absolute atomic E-state index is 13.8. The third kappa shape index (κ3) is 5.23. The van der Waals surface area contributed by atoms with Gasteiger partial charge in [-0.25, -0.2) is 12.8 Å². The first-order valence-electron chi connectivity index (χ1n) is 6.59. The Morgan fingerprint density at radius 3 is 2.23 bits per heavy atom. The van der Waals surface area contributed by atoms with E-state index in [1.165, 1.54) is 12.1 Å². The van der Waals surface area contributed by atoms with Crippen LogP contribution in [0.2, 0.25) is 0 Å². The molecule has 0 aliphatic carbocycles. The summed E-state index contributed by atoms with van der Waals surface area (Å²) in [4.78, 5) is 11.5. The molecule has 0 radical (unpaired) electrons. The second-order valence-corrected chi connectivity index (χ2v) is 7.45. The topological polar surface area (TPSA) is 89.3 Å². The van der Waals surface area contributed by atoms with Gasteiger partial charge in [0.2, 0.25) is 5.91 Å². The van der Waals surface area contributed by atoms with Gasteiger partial charge < -0.3 is 11.1 Å². The molecule has 0 fully saturated rings. The first kappa shape index (κ1) is 20.8. The number of hydrogen-bond acceptors (Lipinski definition) is 4. The molecule has 1 amide bonds. The normalized spacial score (nSPS) is 14.1. The van der Waals surface area contributed by atoms with Gasteiger partial charge in [0.1, 0.15) is 10.7 Å². The lowest BCUT2D eigenvalue weighted by molar-refractivity contribution is -0.123. The lowest BCUT2D eigenvalue weighted by Crippen LogP contribution is -2.44. The Labute approximate surface area is 136 Å². The molecule has 8 heteroatoms. The van der Waals surface area contributed by atoms with Crippen LogP contribution in [0.1, 0.15) is 32.4 Å². The molecule has 1 aromatic carbocycles. The second kappa shape index (κ2) is 7.89. The van der Waals surface area contributed by atoms with Gasteiger partial charge in [0.05, 0.1) is 12.1 Å². The number of sulfone groups is 1. The van der Waals surface area contributed by atoms with Gasteiger partial charge in [0.25, 0.3) is 0 Å². The van der Waals surface area contributed by atoms with Crippen molar-refractivity contribution in [2.75, 3.05) is 6.26 Å². The van der Waals surface area contributed by atoms with E-state index in [2.05, 4.69) is 5.32 Å². The van der Waals surface area contributed by atoms with Crippen molar-refractivity contribution >= 4 is 28.2 Å². The molecule has 2 atom stereocenters. The van der Waals surface area contributed by atoms with E-state index in [1.54, 1.807) is 6.92 Å². The molecule has 22 heavy (non-hydrogen) atoms. The summed E-state index contributed by atoms with van der Waals surface area (Å²) in [6, 6.07) is 2.68. The molecule has 0 aliphatic rings. The highest BCUT2D eigenvalue weighted by molar-refractivity contribution is 7.90. The molecule has 0 heterocycles. The first-order valence-corrected chi connectivity index (χ1v) is 8.48. The molecule has 0 spiro atoms. The lowest BCUT2D eigenvalue weighted by atomic mass is 10.0. The van der Waals surface area contributed by atoms with Gasteiger partial charge in [-0.2, -0.15) is 0 Å². The Balaban J connectivity index is 0.00000441. The molecular formula is C14H22ClFN2O3S. The van der Waals surface area contributed by atoms with Gasteiger partial charge in [-0.05, 0) is 30.5 Å². The number of nitrogens with two attached hydrogens (primary N) is 1. The van der Waals surface area contributed by atoms with Crippen LogP contribution in [-0.2, 0) is 14.6 Å². The molecule has 0 saturated heterocycles. The predicted molar refractivity (Wildman–Crippen MR) is 86.1 cm³/mol. The number of nitrogens with one attached hydrogen (secondary N) is 1. The summed E-state index contributed by atoms with van der Waals surface area (Å²) in [7, 11) is -3.61. The summed E-state index contributed by atoms with van der Waals surface area (Å²) in [5, 5.41) is 2.68. The molecule has 1 rings (SSSR count). The minimum Gasteiger partial charge on any atom is -0.348 e. The number of amides is 1. The van der Waals surface area contributed by atoms with E-state index in [0.717, 1.165) is 12.3 Å². The van der Waals surface area contributed by atoms with Gasteiger partial charge in [-0.15, -0.1) is 12.4 Å². The Hall–Kier alpha value is -1.18. The second-order valence-electron chi connectivity index (χ2n) is 5.46. The van der Waals surface area contributed by atoms with Crippen LogP contribution in [0.3, 0.4) is 0 Å². The quantitative estimate of drug-likeness (QED) is 0.845. The average Bonchev–Trinajstić information content (AvgIpc) is 2.35. The molecule has 1 unspecified atom stereocenters. The summed E-state index contributed by atoms with van der Waals surface area (Å²) in [5.74, 6) is -1.17. The van der Waals surface area contributed by atoms with Gasteiger partial charge in [-0.3, -0.25) is 4.79 Å². The Morgan fingerprint density at radius 1 is 1.27 bits per heavy atom. The number of halogens is 2. The maximum atomic E-state index is 13.8.